The van der Waals surface area contributed by atoms with Gasteiger partial charge in [0.05, 0.1) is 5.54 Å². The number of nitrogens with zero attached hydrogens (tertiary/aromatic N) is 2. The van der Waals surface area contributed by atoms with E-state index in [2.05, 4.69) is 24.0 Å². The molecule has 0 aromatic carbocycles. The van der Waals surface area contributed by atoms with Gasteiger partial charge in [-0.15, -0.1) is 0 Å². The highest BCUT2D eigenvalue weighted by Gasteiger charge is 2.40. The molecule has 1 heterocycles. The van der Waals surface area contributed by atoms with Crippen molar-refractivity contribution in [1.82, 2.24) is 10.1 Å². The maximum atomic E-state index is 6.36. The van der Waals surface area contributed by atoms with Gasteiger partial charge in [-0.3, -0.25) is 0 Å². The summed E-state index contributed by atoms with van der Waals surface area (Å²) in [5, 5.41) is 4.15. The van der Waals surface area contributed by atoms with Crippen molar-refractivity contribution in [2.75, 3.05) is 6.61 Å². The number of nitrogens with two attached hydrogens (primary N) is 1. The Kier molecular flexibility index (Phi) is 4.26. The van der Waals surface area contributed by atoms with E-state index in [1.807, 2.05) is 6.92 Å². The Morgan fingerprint density at radius 2 is 1.89 bits per heavy atom. The molecule has 1 aliphatic rings. The van der Waals surface area contributed by atoms with Crippen LogP contribution >= 0.6 is 0 Å². The normalized spacial score (nSPS) is 18.9. The Balaban J connectivity index is 2.28. The second-order valence-electron chi connectivity index (χ2n) is 5.42. The number of ether oxygens (including phenoxy) is 1. The Morgan fingerprint density at radius 3 is 2.42 bits per heavy atom. The van der Waals surface area contributed by atoms with Crippen LogP contribution in [0.4, 0.5) is 0 Å². The largest absolute Gasteiger partial charge is 0.367 e. The quantitative estimate of drug-likeness (QED) is 0.857. The zero-order chi connectivity index (χ0) is 13.9. The van der Waals surface area contributed by atoms with Crippen LogP contribution < -0.4 is 5.73 Å². The van der Waals surface area contributed by atoms with Crippen LogP contribution in [0.2, 0.25) is 0 Å². The molecule has 0 radical (unpaired) electrons. The summed E-state index contributed by atoms with van der Waals surface area (Å²) in [6.45, 7) is 6.80. The summed E-state index contributed by atoms with van der Waals surface area (Å²) < 4.78 is 11.3. The van der Waals surface area contributed by atoms with Crippen molar-refractivity contribution < 1.29 is 9.26 Å². The van der Waals surface area contributed by atoms with Gasteiger partial charge in [0.15, 0.2) is 0 Å². The third kappa shape index (κ3) is 2.54. The summed E-state index contributed by atoms with van der Waals surface area (Å²) >= 11 is 0. The average molecular weight is 267 g/mol. The maximum Gasteiger partial charge on any atom is 0.246 e. The van der Waals surface area contributed by atoms with E-state index in [0.29, 0.717) is 18.3 Å². The van der Waals surface area contributed by atoms with Crippen molar-refractivity contribution in [3.8, 4) is 0 Å². The predicted molar refractivity (Wildman–Crippen MR) is 72.5 cm³/mol. The highest BCUT2D eigenvalue weighted by molar-refractivity contribution is 5.08. The number of hydrogen-bond donors (Lipinski definition) is 1. The summed E-state index contributed by atoms with van der Waals surface area (Å²) in [5.74, 6) is 1.22. The molecule has 1 aromatic rings. The van der Waals surface area contributed by atoms with Crippen LogP contribution in [0.15, 0.2) is 4.52 Å². The summed E-state index contributed by atoms with van der Waals surface area (Å²) in [7, 11) is 0. The van der Waals surface area contributed by atoms with E-state index in [4.69, 9.17) is 15.0 Å². The lowest BCUT2D eigenvalue weighted by molar-refractivity contribution is -0.0583. The Bertz CT molecular complexity index is 407. The molecule has 1 aromatic heterocycles. The molecule has 108 valence electrons. The molecule has 0 atom stereocenters. The highest BCUT2D eigenvalue weighted by Crippen LogP contribution is 2.37. The smallest absolute Gasteiger partial charge is 0.246 e. The van der Waals surface area contributed by atoms with Crippen molar-refractivity contribution in [2.24, 2.45) is 5.73 Å². The van der Waals surface area contributed by atoms with Crippen molar-refractivity contribution in [3.63, 3.8) is 0 Å². The Morgan fingerprint density at radius 1 is 1.26 bits per heavy atom. The molecule has 0 bridgehead atoms. The zero-order valence-corrected chi connectivity index (χ0v) is 12.2. The fraction of sp³-hybridized carbons (Fsp3) is 0.857. The highest BCUT2D eigenvalue weighted by atomic mass is 16.5. The molecule has 5 heteroatoms. The SMILES string of the molecule is CCOC(CC)(CC)c1noc(C2(N)CCCC2)n1. The molecular formula is C14H25N3O2. The second-order valence-corrected chi connectivity index (χ2v) is 5.42. The van der Waals surface area contributed by atoms with Crippen molar-refractivity contribution >= 4 is 0 Å². The van der Waals surface area contributed by atoms with Gasteiger partial charge in [-0.1, -0.05) is 31.8 Å². The molecule has 0 aliphatic heterocycles. The van der Waals surface area contributed by atoms with Crippen molar-refractivity contribution in [2.45, 2.75) is 70.4 Å². The van der Waals surface area contributed by atoms with Gasteiger partial charge in [0.25, 0.3) is 0 Å². The minimum Gasteiger partial charge on any atom is -0.367 e. The molecule has 1 aliphatic carbocycles. The van der Waals surface area contributed by atoms with E-state index >= 15 is 0 Å². The second kappa shape index (κ2) is 5.59. The zero-order valence-electron chi connectivity index (χ0n) is 12.2. The molecule has 1 fully saturated rings. The van der Waals surface area contributed by atoms with Gasteiger partial charge in [0.2, 0.25) is 11.7 Å². The van der Waals surface area contributed by atoms with Gasteiger partial charge in [0, 0.05) is 6.61 Å². The molecule has 2 rings (SSSR count). The molecule has 0 spiro atoms. The van der Waals surface area contributed by atoms with Crippen LogP contribution in [-0.4, -0.2) is 16.7 Å². The number of hydrogen-bond acceptors (Lipinski definition) is 5. The molecule has 1 saturated carbocycles. The monoisotopic (exact) mass is 267 g/mol. The number of rotatable bonds is 6. The van der Waals surface area contributed by atoms with E-state index in [1.54, 1.807) is 0 Å². The molecule has 0 unspecified atom stereocenters. The van der Waals surface area contributed by atoms with E-state index < -0.39 is 11.1 Å². The Hall–Kier alpha value is -0.940. The fourth-order valence-corrected chi connectivity index (χ4v) is 2.94. The van der Waals surface area contributed by atoms with Gasteiger partial charge >= 0.3 is 0 Å². The van der Waals surface area contributed by atoms with Crippen LogP contribution in [0, 0.1) is 0 Å². The van der Waals surface area contributed by atoms with Gasteiger partial charge in [0.1, 0.15) is 5.60 Å². The first kappa shape index (κ1) is 14.5. The maximum absolute atomic E-state index is 6.36. The van der Waals surface area contributed by atoms with Crippen LogP contribution in [0.25, 0.3) is 0 Å². The topological polar surface area (TPSA) is 74.2 Å². The first-order chi connectivity index (χ1) is 9.10. The van der Waals surface area contributed by atoms with E-state index in [9.17, 15) is 0 Å². The lowest BCUT2D eigenvalue weighted by atomic mass is 9.95. The van der Waals surface area contributed by atoms with Crippen LogP contribution in [0.1, 0.15) is 71.0 Å². The molecule has 0 amide bonds. The van der Waals surface area contributed by atoms with E-state index in [0.717, 1.165) is 38.5 Å². The third-order valence-corrected chi connectivity index (χ3v) is 4.32. The van der Waals surface area contributed by atoms with Gasteiger partial charge < -0.3 is 15.0 Å². The van der Waals surface area contributed by atoms with E-state index in [1.165, 1.54) is 0 Å². The van der Waals surface area contributed by atoms with Crippen LogP contribution in [-0.2, 0) is 15.9 Å². The van der Waals surface area contributed by atoms with Crippen molar-refractivity contribution in [1.29, 1.82) is 0 Å². The van der Waals surface area contributed by atoms with Gasteiger partial charge in [-0.25, -0.2) is 0 Å². The number of aromatic nitrogens is 2. The standard InChI is InChI=1S/C14H25N3O2/c1-4-14(5-2,18-6-3)11-16-12(19-17-11)13(15)9-7-8-10-13/h4-10,15H2,1-3H3. The first-order valence-corrected chi connectivity index (χ1v) is 7.37. The molecule has 19 heavy (non-hydrogen) atoms. The molecular weight excluding hydrogens is 242 g/mol. The van der Waals surface area contributed by atoms with Gasteiger partial charge in [-0.05, 0) is 32.6 Å². The molecule has 2 N–H and O–H groups in total. The Labute approximate surface area is 114 Å². The lowest BCUT2D eigenvalue weighted by Gasteiger charge is -2.27. The van der Waals surface area contributed by atoms with Gasteiger partial charge in [-0.2, -0.15) is 4.98 Å². The minimum atomic E-state index is -0.439. The lowest BCUT2D eigenvalue weighted by Crippen LogP contribution is -2.34. The summed E-state index contributed by atoms with van der Waals surface area (Å²) in [6.07, 6.45) is 5.77. The molecule has 5 nitrogen and oxygen atoms in total. The molecule has 0 saturated heterocycles. The summed E-state index contributed by atoms with van der Waals surface area (Å²) in [5.41, 5.74) is 5.49. The fourth-order valence-electron chi connectivity index (χ4n) is 2.94. The van der Waals surface area contributed by atoms with Crippen LogP contribution in [0.3, 0.4) is 0 Å². The first-order valence-electron chi connectivity index (χ1n) is 7.37. The van der Waals surface area contributed by atoms with E-state index in [-0.39, 0.29) is 0 Å². The predicted octanol–water partition coefficient (Wildman–Crippen LogP) is 2.85. The minimum absolute atomic E-state index is 0.426. The summed E-state index contributed by atoms with van der Waals surface area (Å²) in [6, 6.07) is 0. The summed E-state index contributed by atoms with van der Waals surface area (Å²) in [4.78, 5) is 4.57. The van der Waals surface area contributed by atoms with Crippen LogP contribution in [0.5, 0.6) is 0 Å². The average Bonchev–Trinajstić information content (AvgIpc) is 3.06. The third-order valence-electron chi connectivity index (χ3n) is 4.32. The van der Waals surface area contributed by atoms with Crippen molar-refractivity contribution in [3.05, 3.63) is 11.7 Å².